The molecule has 5 nitrogen and oxygen atoms in total. The number of nitrogens with one attached hydrogen (secondary N) is 1. The van der Waals surface area contributed by atoms with Gasteiger partial charge in [-0.25, -0.2) is 0 Å². The number of carbonyl (C=O) groups is 2. The van der Waals surface area contributed by atoms with Gasteiger partial charge < -0.3 is 11.1 Å². The van der Waals surface area contributed by atoms with Crippen molar-refractivity contribution in [3.05, 3.63) is 35.4 Å². The van der Waals surface area contributed by atoms with Crippen molar-refractivity contribution in [3.63, 3.8) is 0 Å². The normalized spacial score (nSPS) is 12.2. The maximum absolute atomic E-state index is 11.8. The number of nitrogens with two attached hydrogens (primary N) is 1. The van der Waals surface area contributed by atoms with Crippen LogP contribution in [0.4, 0.5) is 0 Å². The predicted molar refractivity (Wildman–Crippen MR) is 79.2 cm³/mol. The average Bonchev–Trinajstić information content (AvgIpc) is 2.39. The van der Waals surface area contributed by atoms with Crippen molar-refractivity contribution in [3.8, 4) is 0 Å². The monoisotopic (exact) mass is 277 g/mol. The van der Waals surface area contributed by atoms with E-state index in [1.54, 1.807) is 18.9 Å². The Morgan fingerprint density at radius 1 is 1.35 bits per heavy atom. The minimum atomic E-state index is -0.447. The number of likely N-dealkylation sites (N-methyl/N-ethyl adjacent to an activating group) is 1. The number of hydrogen-bond acceptors (Lipinski definition) is 3. The van der Waals surface area contributed by atoms with Crippen LogP contribution in [0, 0.1) is 6.92 Å². The van der Waals surface area contributed by atoms with Gasteiger partial charge in [0.2, 0.25) is 11.8 Å². The number of rotatable bonds is 7. The molecule has 20 heavy (non-hydrogen) atoms. The van der Waals surface area contributed by atoms with Crippen molar-refractivity contribution in [2.24, 2.45) is 5.73 Å². The molecule has 2 amide bonds. The quantitative estimate of drug-likeness (QED) is 0.760. The van der Waals surface area contributed by atoms with Crippen LogP contribution < -0.4 is 11.1 Å². The van der Waals surface area contributed by atoms with Gasteiger partial charge >= 0.3 is 0 Å². The van der Waals surface area contributed by atoms with E-state index in [0.717, 1.165) is 6.42 Å². The van der Waals surface area contributed by atoms with Crippen LogP contribution in [-0.4, -0.2) is 42.9 Å². The number of hydrogen-bond donors (Lipinski definition) is 2. The Morgan fingerprint density at radius 3 is 2.60 bits per heavy atom. The van der Waals surface area contributed by atoms with Gasteiger partial charge in [0.1, 0.15) is 0 Å². The zero-order valence-corrected chi connectivity index (χ0v) is 12.3. The van der Waals surface area contributed by atoms with Crippen molar-refractivity contribution in [2.45, 2.75) is 26.3 Å². The first kappa shape index (κ1) is 16.2. The smallest absolute Gasteiger partial charge is 0.234 e. The largest absolute Gasteiger partial charge is 0.368 e. The Hall–Kier alpha value is -1.88. The third kappa shape index (κ3) is 5.01. The Bertz CT molecular complexity index is 474. The highest BCUT2D eigenvalue weighted by Gasteiger charge is 2.17. The van der Waals surface area contributed by atoms with Crippen LogP contribution in [0.15, 0.2) is 24.3 Å². The fourth-order valence-corrected chi connectivity index (χ4v) is 1.86. The molecule has 0 aliphatic rings. The lowest BCUT2D eigenvalue weighted by atomic mass is 10.1. The molecule has 0 radical (unpaired) electrons. The van der Waals surface area contributed by atoms with Crippen LogP contribution in [-0.2, 0) is 16.0 Å². The second kappa shape index (κ2) is 7.65. The van der Waals surface area contributed by atoms with Gasteiger partial charge in [-0.3, -0.25) is 14.5 Å². The summed E-state index contributed by atoms with van der Waals surface area (Å²) in [6.07, 6.45) is 0.799. The van der Waals surface area contributed by atoms with Gasteiger partial charge in [-0.05, 0) is 38.4 Å². The molecule has 0 heterocycles. The Kier molecular flexibility index (Phi) is 6.18. The molecule has 1 rings (SSSR count). The molecule has 5 heteroatoms. The van der Waals surface area contributed by atoms with E-state index in [0.29, 0.717) is 6.54 Å². The van der Waals surface area contributed by atoms with E-state index in [1.165, 1.54) is 11.1 Å². The summed E-state index contributed by atoms with van der Waals surface area (Å²) in [6.45, 7) is 4.49. The average molecular weight is 277 g/mol. The molecule has 0 fully saturated rings. The molecular formula is C15H23N3O2. The van der Waals surface area contributed by atoms with Crippen molar-refractivity contribution in [1.82, 2.24) is 10.2 Å². The molecule has 0 aromatic heterocycles. The Labute approximate surface area is 120 Å². The number of carbonyl (C=O) groups excluding carboxylic acids is 2. The first-order valence-electron chi connectivity index (χ1n) is 6.72. The number of benzene rings is 1. The summed E-state index contributed by atoms with van der Waals surface area (Å²) in [5.41, 5.74) is 7.64. The molecule has 0 saturated heterocycles. The summed E-state index contributed by atoms with van der Waals surface area (Å²) >= 11 is 0. The van der Waals surface area contributed by atoms with Crippen molar-refractivity contribution >= 4 is 11.8 Å². The number of primary amides is 1. The van der Waals surface area contributed by atoms with E-state index in [-0.39, 0.29) is 12.5 Å². The van der Waals surface area contributed by atoms with Gasteiger partial charge in [0, 0.05) is 6.54 Å². The van der Waals surface area contributed by atoms with Crippen molar-refractivity contribution in [1.29, 1.82) is 0 Å². The van der Waals surface area contributed by atoms with E-state index in [2.05, 4.69) is 24.4 Å². The van der Waals surface area contributed by atoms with Gasteiger partial charge in [0.25, 0.3) is 0 Å². The lowest BCUT2D eigenvalue weighted by Crippen LogP contribution is -2.45. The zero-order valence-electron chi connectivity index (χ0n) is 12.3. The molecule has 3 N–H and O–H groups in total. The summed E-state index contributed by atoms with van der Waals surface area (Å²) in [4.78, 5) is 24.4. The highest BCUT2D eigenvalue weighted by atomic mass is 16.2. The number of amides is 2. The van der Waals surface area contributed by atoms with Crippen LogP contribution in [0.2, 0.25) is 0 Å². The van der Waals surface area contributed by atoms with Gasteiger partial charge in [-0.2, -0.15) is 0 Å². The van der Waals surface area contributed by atoms with Gasteiger partial charge in [-0.1, -0.05) is 24.3 Å². The van der Waals surface area contributed by atoms with Gasteiger partial charge in [0.15, 0.2) is 0 Å². The summed E-state index contributed by atoms with van der Waals surface area (Å²) in [5, 5.41) is 2.85. The summed E-state index contributed by atoms with van der Waals surface area (Å²) in [7, 11) is 1.70. The highest BCUT2D eigenvalue weighted by molar-refractivity contribution is 5.82. The Morgan fingerprint density at radius 2 is 2.00 bits per heavy atom. The molecular weight excluding hydrogens is 254 g/mol. The second-order valence-corrected chi connectivity index (χ2v) is 5.02. The minimum absolute atomic E-state index is 0.103. The van der Waals surface area contributed by atoms with Crippen LogP contribution in [0.5, 0.6) is 0 Å². The van der Waals surface area contributed by atoms with E-state index in [1.807, 2.05) is 12.1 Å². The van der Waals surface area contributed by atoms with Crippen molar-refractivity contribution < 1.29 is 9.59 Å². The first-order valence-corrected chi connectivity index (χ1v) is 6.72. The van der Waals surface area contributed by atoms with Crippen LogP contribution >= 0.6 is 0 Å². The molecule has 0 bridgehead atoms. The summed E-state index contributed by atoms with van der Waals surface area (Å²) in [6, 6.07) is 7.66. The molecule has 0 unspecified atom stereocenters. The number of aryl methyl sites for hydroxylation is 1. The van der Waals surface area contributed by atoms with Crippen LogP contribution in [0.3, 0.4) is 0 Å². The third-order valence-electron chi connectivity index (χ3n) is 3.44. The molecule has 0 aliphatic carbocycles. The molecule has 0 spiro atoms. The van der Waals surface area contributed by atoms with E-state index in [4.69, 9.17) is 5.73 Å². The molecule has 1 atom stereocenters. The standard InChI is InChI=1S/C15H23N3O2/c1-11-6-4-5-7-13(11)8-9-17-14(19)10-18(3)12(2)15(16)20/h4-7,12H,8-10H2,1-3H3,(H2,16,20)(H,17,19)/t12-/m1/s1. The van der Waals surface area contributed by atoms with E-state index in [9.17, 15) is 9.59 Å². The van der Waals surface area contributed by atoms with Gasteiger partial charge in [0.05, 0.1) is 12.6 Å². The van der Waals surface area contributed by atoms with Gasteiger partial charge in [-0.15, -0.1) is 0 Å². The first-order chi connectivity index (χ1) is 9.41. The fraction of sp³-hybridized carbons (Fsp3) is 0.467. The molecule has 1 aromatic carbocycles. The zero-order chi connectivity index (χ0) is 15.1. The third-order valence-corrected chi connectivity index (χ3v) is 3.44. The molecule has 0 saturated carbocycles. The van der Waals surface area contributed by atoms with Crippen LogP contribution in [0.1, 0.15) is 18.1 Å². The maximum atomic E-state index is 11.8. The van der Waals surface area contributed by atoms with E-state index >= 15 is 0 Å². The van der Waals surface area contributed by atoms with E-state index < -0.39 is 11.9 Å². The maximum Gasteiger partial charge on any atom is 0.234 e. The SMILES string of the molecule is Cc1ccccc1CCNC(=O)CN(C)[C@H](C)C(N)=O. The fourth-order valence-electron chi connectivity index (χ4n) is 1.86. The number of nitrogens with zero attached hydrogens (tertiary/aromatic N) is 1. The topological polar surface area (TPSA) is 75.4 Å². The second-order valence-electron chi connectivity index (χ2n) is 5.02. The minimum Gasteiger partial charge on any atom is -0.368 e. The molecule has 0 aliphatic heterocycles. The molecule has 1 aromatic rings. The van der Waals surface area contributed by atoms with Crippen molar-refractivity contribution in [2.75, 3.05) is 20.1 Å². The molecule has 110 valence electrons. The lowest BCUT2D eigenvalue weighted by molar-refractivity contribution is -0.125. The lowest BCUT2D eigenvalue weighted by Gasteiger charge is -2.21. The Balaban J connectivity index is 2.34. The van der Waals surface area contributed by atoms with Crippen LogP contribution in [0.25, 0.3) is 0 Å². The highest BCUT2D eigenvalue weighted by Crippen LogP contribution is 2.06. The summed E-state index contributed by atoms with van der Waals surface area (Å²) < 4.78 is 0. The summed E-state index contributed by atoms with van der Waals surface area (Å²) in [5.74, 6) is -0.533. The predicted octanol–water partition coefficient (Wildman–Crippen LogP) is 0.459.